The predicted octanol–water partition coefficient (Wildman–Crippen LogP) is 2.95. The van der Waals surface area contributed by atoms with Gasteiger partial charge in [-0.2, -0.15) is 4.31 Å². The van der Waals surface area contributed by atoms with E-state index in [0.717, 1.165) is 6.07 Å². The minimum Gasteiger partial charge on any atom is -0.490 e. The van der Waals surface area contributed by atoms with Gasteiger partial charge in [-0.3, -0.25) is 4.79 Å². The Kier molecular flexibility index (Phi) is 4.76. The molecule has 1 saturated carbocycles. The van der Waals surface area contributed by atoms with Crippen LogP contribution in [0.1, 0.15) is 30.1 Å². The van der Waals surface area contributed by atoms with Crippen molar-refractivity contribution in [2.75, 3.05) is 19.7 Å². The SMILES string of the molecule is C[C@@H]1COc2cc(Cl)ncc2C(=O)N1C1CC2(C1)CN(S(=O)(=O)c1ccccc1F)C2. The summed E-state index contributed by atoms with van der Waals surface area (Å²) in [5.41, 5.74) is 0.212. The van der Waals surface area contributed by atoms with E-state index in [0.29, 0.717) is 43.9 Å². The highest BCUT2D eigenvalue weighted by molar-refractivity contribution is 7.89. The number of ether oxygens (including phenoxy) is 1. The van der Waals surface area contributed by atoms with Crippen LogP contribution in [0.15, 0.2) is 41.4 Å². The summed E-state index contributed by atoms with van der Waals surface area (Å²) in [6.07, 6.45) is 2.83. The predicted molar refractivity (Wildman–Crippen MR) is 111 cm³/mol. The van der Waals surface area contributed by atoms with Crippen LogP contribution in [-0.2, 0) is 10.0 Å². The normalized spacial score (nSPS) is 23.5. The van der Waals surface area contributed by atoms with Crippen LogP contribution in [0.25, 0.3) is 0 Å². The van der Waals surface area contributed by atoms with E-state index in [-0.39, 0.29) is 33.5 Å². The van der Waals surface area contributed by atoms with Crippen molar-refractivity contribution >= 4 is 27.5 Å². The lowest BCUT2D eigenvalue weighted by Gasteiger charge is -2.60. The van der Waals surface area contributed by atoms with Crippen LogP contribution < -0.4 is 4.74 Å². The molecule has 1 spiro atoms. The van der Waals surface area contributed by atoms with Crippen LogP contribution in [0.4, 0.5) is 4.39 Å². The Morgan fingerprint density at radius 1 is 1.26 bits per heavy atom. The number of aromatic nitrogens is 1. The maximum Gasteiger partial charge on any atom is 0.259 e. The highest BCUT2D eigenvalue weighted by Gasteiger charge is 2.58. The van der Waals surface area contributed by atoms with Gasteiger partial charge in [0.25, 0.3) is 5.91 Å². The second-order valence-corrected chi connectivity index (χ2v) is 10.9. The quantitative estimate of drug-likeness (QED) is 0.651. The number of sulfonamides is 1. The average molecular weight is 466 g/mol. The molecule has 0 N–H and O–H groups in total. The Balaban J connectivity index is 1.29. The molecule has 2 fully saturated rings. The summed E-state index contributed by atoms with van der Waals surface area (Å²) in [6, 6.07) is 6.81. The van der Waals surface area contributed by atoms with Gasteiger partial charge in [-0.15, -0.1) is 0 Å². The molecule has 0 radical (unpaired) electrons. The zero-order chi connectivity index (χ0) is 22.0. The number of fused-ring (bicyclic) bond motifs is 1. The van der Waals surface area contributed by atoms with Crippen LogP contribution >= 0.6 is 11.6 Å². The first-order valence-corrected chi connectivity index (χ1v) is 11.9. The summed E-state index contributed by atoms with van der Waals surface area (Å²) in [7, 11) is -3.86. The second-order valence-electron chi connectivity index (χ2n) is 8.64. The number of pyridine rings is 1. The summed E-state index contributed by atoms with van der Waals surface area (Å²) < 4.78 is 46.6. The Bertz CT molecular complexity index is 1160. The maximum absolute atomic E-state index is 14.0. The molecule has 0 bridgehead atoms. The van der Waals surface area contributed by atoms with E-state index >= 15 is 0 Å². The van der Waals surface area contributed by atoms with E-state index in [9.17, 15) is 17.6 Å². The summed E-state index contributed by atoms with van der Waals surface area (Å²) >= 11 is 5.93. The average Bonchev–Trinajstić information content (AvgIpc) is 2.77. The number of carbonyl (C=O) groups is 1. The summed E-state index contributed by atoms with van der Waals surface area (Å²) in [6.45, 7) is 2.94. The monoisotopic (exact) mass is 465 g/mol. The molecule has 5 rings (SSSR count). The third-order valence-corrected chi connectivity index (χ3v) is 8.49. The van der Waals surface area contributed by atoms with E-state index in [4.69, 9.17) is 16.3 Å². The molecule has 1 aromatic heterocycles. The Labute approximate surface area is 184 Å². The number of halogens is 2. The van der Waals surface area contributed by atoms with Gasteiger partial charge < -0.3 is 9.64 Å². The van der Waals surface area contributed by atoms with E-state index in [1.54, 1.807) is 6.07 Å². The summed E-state index contributed by atoms with van der Waals surface area (Å²) in [5.74, 6) is -0.468. The van der Waals surface area contributed by atoms with Crippen molar-refractivity contribution < 1.29 is 22.3 Å². The lowest BCUT2D eigenvalue weighted by molar-refractivity contribution is -0.0755. The molecule has 1 aliphatic carbocycles. The summed E-state index contributed by atoms with van der Waals surface area (Å²) in [5, 5.41) is 0.265. The van der Waals surface area contributed by atoms with Crippen molar-refractivity contribution in [1.82, 2.24) is 14.2 Å². The fourth-order valence-corrected chi connectivity index (χ4v) is 6.79. The van der Waals surface area contributed by atoms with Gasteiger partial charge in [0.05, 0.1) is 11.6 Å². The number of carbonyl (C=O) groups excluding carboxylic acids is 1. The fourth-order valence-electron chi connectivity index (χ4n) is 4.91. The number of amides is 1. The number of rotatable bonds is 3. The van der Waals surface area contributed by atoms with E-state index in [1.165, 1.54) is 28.7 Å². The van der Waals surface area contributed by atoms with Crippen molar-refractivity contribution in [3.8, 4) is 5.75 Å². The fraction of sp³-hybridized carbons (Fsp3) is 0.429. The first kappa shape index (κ1) is 20.7. The minimum atomic E-state index is -3.86. The third kappa shape index (κ3) is 3.30. The largest absolute Gasteiger partial charge is 0.490 e. The molecular formula is C21H21ClFN3O4S. The zero-order valence-electron chi connectivity index (χ0n) is 16.8. The zero-order valence-corrected chi connectivity index (χ0v) is 18.4. The molecule has 31 heavy (non-hydrogen) atoms. The van der Waals surface area contributed by atoms with Crippen LogP contribution in [0.5, 0.6) is 5.75 Å². The smallest absolute Gasteiger partial charge is 0.259 e. The Hall–Kier alpha value is -2.23. The Morgan fingerprint density at radius 2 is 1.97 bits per heavy atom. The molecule has 1 amide bonds. The number of hydrogen-bond acceptors (Lipinski definition) is 5. The molecule has 1 atom stereocenters. The van der Waals surface area contributed by atoms with Crippen molar-refractivity contribution in [2.24, 2.45) is 5.41 Å². The highest BCUT2D eigenvalue weighted by atomic mass is 35.5. The van der Waals surface area contributed by atoms with Gasteiger partial charge in [0.1, 0.15) is 28.2 Å². The molecule has 3 aliphatic rings. The van der Waals surface area contributed by atoms with Gasteiger partial charge in [0, 0.05) is 36.8 Å². The van der Waals surface area contributed by atoms with Gasteiger partial charge in [0.15, 0.2) is 0 Å². The lowest BCUT2D eigenvalue weighted by Crippen LogP contribution is -2.68. The van der Waals surface area contributed by atoms with Crippen molar-refractivity contribution in [1.29, 1.82) is 0 Å². The van der Waals surface area contributed by atoms with Crippen molar-refractivity contribution in [2.45, 2.75) is 36.7 Å². The van der Waals surface area contributed by atoms with Crippen LogP contribution in [0, 0.1) is 11.2 Å². The summed E-state index contributed by atoms with van der Waals surface area (Å²) in [4.78, 5) is 18.7. The number of benzene rings is 1. The molecule has 0 unspecified atom stereocenters. The molecule has 7 nitrogen and oxygen atoms in total. The maximum atomic E-state index is 14.0. The molecular weight excluding hydrogens is 445 g/mol. The standard InChI is InChI=1S/C21H21ClFN3O4S/c1-13-10-30-17-6-19(22)24-9-15(17)20(27)26(13)14-7-21(8-14)11-25(12-21)31(28,29)18-5-3-2-4-16(18)23/h2-6,9,13-14H,7-8,10-12H2,1H3/t13-/m1/s1. The van der Waals surface area contributed by atoms with Crippen LogP contribution in [0.3, 0.4) is 0 Å². The van der Waals surface area contributed by atoms with E-state index in [1.807, 2.05) is 11.8 Å². The first-order valence-electron chi connectivity index (χ1n) is 10.1. The van der Waals surface area contributed by atoms with Gasteiger partial charge in [-0.05, 0) is 31.9 Å². The molecule has 1 saturated heterocycles. The molecule has 10 heteroatoms. The molecule has 2 aromatic rings. The topological polar surface area (TPSA) is 79.8 Å². The minimum absolute atomic E-state index is 0.00829. The number of nitrogens with zero attached hydrogens (tertiary/aromatic N) is 3. The first-order chi connectivity index (χ1) is 14.7. The van der Waals surface area contributed by atoms with Crippen molar-refractivity contribution in [3.63, 3.8) is 0 Å². The molecule has 3 heterocycles. The molecule has 2 aliphatic heterocycles. The highest BCUT2D eigenvalue weighted by Crippen LogP contribution is 2.52. The van der Waals surface area contributed by atoms with Crippen LogP contribution in [-0.4, -0.2) is 60.3 Å². The van der Waals surface area contributed by atoms with Gasteiger partial charge in [0.2, 0.25) is 10.0 Å². The Morgan fingerprint density at radius 3 is 2.68 bits per heavy atom. The third-order valence-electron chi connectivity index (χ3n) is 6.46. The van der Waals surface area contributed by atoms with Crippen LogP contribution in [0.2, 0.25) is 5.15 Å². The van der Waals surface area contributed by atoms with E-state index in [2.05, 4.69) is 4.98 Å². The van der Waals surface area contributed by atoms with Gasteiger partial charge in [-0.25, -0.2) is 17.8 Å². The van der Waals surface area contributed by atoms with Gasteiger partial charge >= 0.3 is 0 Å². The van der Waals surface area contributed by atoms with Crippen molar-refractivity contribution in [3.05, 3.63) is 53.1 Å². The van der Waals surface area contributed by atoms with E-state index < -0.39 is 15.8 Å². The molecule has 1 aromatic carbocycles. The second kappa shape index (κ2) is 7.15. The molecule has 164 valence electrons. The van der Waals surface area contributed by atoms with Gasteiger partial charge in [-0.1, -0.05) is 23.7 Å². The lowest BCUT2D eigenvalue weighted by atomic mass is 9.61. The number of hydrogen-bond donors (Lipinski definition) is 0.